The van der Waals surface area contributed by atoms with E-state index in [0.717, 1.165) is 32.9 Å². The lowest BCUT2D eigenvalue weighted by molar-refractivity contribution is -0.0739. The van der Waals surface area contributed by atoms with Crippen molar-refractivity contribution in [3.05, 3.63) is 108 Å². The van der Waals surface area contributed by atoms with Gasteiger partial charge in [-0.2, -0.15) is 0 Å². The molecule has 2 atom stereocenters. The summed E-state index contributed by atoms with van der Waals surface area (Å²) in [5.41, 5.74) is 1.21. The predicted octanol–water partition coefficient (Wildman–Crippen LogP) is 7.94. The van der Waals surface area contributed by atoms with Gasteiger partial charge >= 0.3 is 6.16 Å². The summed E-state index contributed by atoms with van der Waals surface area (Å²) >= 11 is 0. The summed E-state index contributed by atoms with van der Waals surface area (Å²) in [6.45, 7) is 6.97. The number of benzene rings is 2. The summed E-state index contributed by atoms with van der Waals surface area (Å²) < 4.78 is 11.9. The molecule has 0 fully saturated rings. The number of rotatable bonds is 10. The van der Waals surface area contributed by atoms with Crippen molar-refractivity contribution >= 4 is 28.0 Å². The molecule has 7 heteroatoms. The van der Waals surface area contributed by atoms with Gasteiger partial charge in [-0.3, -0.25) is 9.97 Å². The van der Waals surface area contributed by atoms with Gasteiger partial charge < -0.3 is 19.7 Å². The number of pyridine rings is 2. The third kappa shape index (κ3) is 7.38. The Balaban J connectivity index is 1.57. The number of para-hydroxylation sites is 2. The van der Waals surface area contributed by atoms with Crippen LogP contribution >= 0.6 is 0 Å². The van der Waals surface area contributed by atoms with Gasteiger partial charge in [0, 0.05) is 48.8 Å². The molecule has 4 aromatic rings. The van der Waals surface area contributed by atoms with Crippen LogP contribution in [0.3, 0.4) is 0 Å². The van der Waals surface area contributed by atoms with Gasteiger partial charge in [0.15, 0.2) is 0 Å². The highest BCUT2D eigenvalue weighted by Crippen LogP contribution is 2.31. The standard InChI is InChI=1S/C33H36N2O5/c1-5-27(36)19-32(3,17-23-15-25-11-7-9-13-29(25)34-21-23)39-31(38)40-33(4,20-28(37)6-2)18-24-16-26-12-8-10-14-30(26)35-22-24/h5-16,21-22,36-37H,17-20H2,1-4H3. The Morgan fingerprint density at radius 3 is 1.55 bits per heavy atom. The smallest absolute Gasteiger partial charge is 0.509 e. The van der Waals surface area contributed by atoms with E-state index in [9.17, 15) is 15.0 Å². The topological polar surface area (TPSA) is 102 Å². The van der Waals surface area contributed by atoms with E-state index < -0.39 is 17.4 Å². The Bertz CT molecular complexity index is 1450. The zero-order valence-corrected chi connectivity index (χ0v) is 23.4. The number of hydrogen-bond acceptors (Lipinski definition) is 7. The fraction of sp³-hybridized carbons (Fsp3) is 0.303. The Hall–Kier alpha value is -4.39. The first-order chi connectivity index (χ1) is 19.1. The molecular weight excluding hydrogens is 504 g/mol. The molecule has 2 unspecified atom stereocenters. The lowest BCUT2D eigenvalue weighted by Gasteiger charge is -2.33. The van der Waals surface area contributed by atoms with E-state index in [4.69, 9.17) is 9.47 Å². The molecule has 0 aliphatic heterocycles. The number of carbonyl (C=O) groups excluding carboxylic acids is 1. The van der Waals surface area contributed by atoms with E-state index in [1.807, 2.05) is 60.7 Å². The van der Waals surface area contributed by atoms with Crippen molar-refractivity contribution in [2.75, 3.05) is 0 Å². The largest absolute Gasteiger partial charge is 0.513 e. The monoisotopic (exact) mass is 540 g/mol. The predicted molar refractivity (Wildman–Crippen MR) is 157 cm³/mol. The molecule has 0 saturated carbocycles. The molecule has 2 heterocycles. The molecule has 2 N–H and O–H groups in total. The Morgan fingerprint density at radius 2 is 1.15 bits per heavy atom. The first-order valence-corrected chi connectivity index (χ1v) is 13.4. The Labute approximate surface area is 234 Å². The number of fused-ring (bicyclic) bond motifs is 2. The summed E-state index contributed by atoms with van der Waals surface area (Å²) in [5, 5.41) is 22.7. The van der Waals surface area contributed by atoms with E-state index in [1.165, 1.54) is 0 Å². The SMILES string of the molecule is CC=C(O)CC(C)(Cc1cnc2ccccc2c1)OC(=O)OC(C)(CC(O)=CC)Cc1cnc2ccccc2c1. The molecule has 0 bridgehead atoms. The van der Waals surface area contributed by atoms with Crippen molar-refractivity contribution in [2.24, 2.45) is 0 Å². The zero-order chi connectivity index (χ0) is 28.8. The van der Waals surface area contributed by atoms with E-state index >= 15 is 0 Å². The van der Waals surface area contributed by atoms with Crippen LogP contribution in [0.4, 0.5) is 4.79 Å². The summed E-state index contributed by atoms with van der Waals surface area (Å²) in [6.07, 6.45) is 6.57. The minimum Gasteiger partial charge on any atom is -0.513 e. The van der Waals surface area contributed by atoms with E-state index in [1.54, 1.807) is 52.2 Å². The normalized spacial score (nSPS) is 15.4. The number of aliphatic hydroxyl groups excluding tert-OH is 2. The second kappa shape index (κ2) is 12.2. The fourth-order valence-corrected chi connectivity index (χ4v) is 4.95. The molecule has 0 saturated heterocycles. The maximum Gasteiger partial charge on any atom is 0.509 e. The Morgan fingerprint density at radius 1 is 0.750 bits per heavy atom. The number of ether oxygens (including phenoxy) is 2. The highest BCUT2D eigenvalue weighted by molar-refractivity contribution is 5.79. The average Bonchev–Trinajstić information content (AvgIpc) is 2.92. The van der Waals surface area contributed by atoms with Crippen LogP contribution in [0.15, 0.2) is 96.7 Å². The first kappa shape index (κ1) is 28.6. The van der Waals surface area contributed by atoms with Crippen molar-refractivity contribution in [1.29, 1.82) is 0 Å². The van der Waals surface area contributed by atoms with Crippen molar-refractivity contribution in [2.45, 2.75) is 64.6 Å². The number of allylic oxidation sites excluding steroid dienone is 2. The molecule has 0 radical (unpaired) electrons. The highest BCUT2D eigenvalue weighted by atomic mass is 16.7. The summed E-state index contributed by atoms with van der Waals surface area (Å²) in [4.78, 5) is 22.4. The van der Waals surface area contributed by atoms with Crippen LogP contribution in [0.5, 0.6) is 0 Å². The molecule has 40 heavy (non-hydrogen) atoms. The van der Waals surface area contributed by atoms with Gasteiger partial charge in [0.25, 0.3) is 0 Å². The van der Waals surface area contributed by atoms with E-state index in [2.05, 4.69) is 9.97 Å². The van der Waals surface area contributed by atoms with E-state index in [0.29, 0.717) is 12.8 Å². The van der Waals surface area contributed by atoms with Crippen LogP contribution < -0.4 is 0 Å². The minimum atomic E-state index is -1.12. The van der Waals surface area contributed by atoms with Gasteiger partial charge in [-0.05, 0) is 75.2 Å². The van der Waals surface area contributed by atoms with Crippen LogP contribution in [0.2, 0.25) is 0 Å². The average molecular weight is 541 g/mol. The van der Waals surface area contributed by atoms with Crippen molar-refractivity contribution in [3.8, 4) is 0 Å². The maximum atomic E-state index is 13.3. The van der Waals surface area contributed by atoms with E-state index in [-0.39, 0.29) is 24.4 Å². The van der Waals surface area contributed by atoms with Crippen LogP contribution in [-0.4, -0.2) is 37.5 Å². The molecule has 0 amide bonds. The second-order valence-corrected chi connectivity index (χ2v) is 10.7. The number of aliphatic hydroxyl groups is 2. The number of nitrogens with zero attached hydrogens (tertiary/aromatic N) is 2. The van der Waals surface area contributed by atoms with Gasteiger partial charge in [0.2, 0.25) is 0 Å². The molecule has 0 spiro atoms. The lowest BCUT2D eigenvalue weighted by atomic mass is 9.91. The number of carbonyl (C=O) groups is 1. The summed E-state index contributed by atoms with van der Waals surface area (Å²) in [5.74, 6) is 0.196. The number of hydrogen-bond donors (Lipinski definition) is 2. The third-order valence-electron chi connectivity index (χ3n) is 6.89. The molecular formula is C33H36N2O5. The van der Waals surface area contributed by atoms with Gasteiger partial charge in [0.05, 0.1) is 22.6 Å². The Kier molecular flexibility index (Phi) is 8.73. The molecule has 2 aromatic heterocycles. The van der Waals surface area contributed by atoms with Crippen LogP contribution in [-0.2, 0) is 22.3 Å². The summed E-state index contributed by atoms with van der Waals surface area (Å²) in [6, 6.07) is 19.6. The summed E-state index contributed by atoms with van der Waals surface area (Å²) in [7, 11) is 0. The molecule has 7 nitrogen and oxygen atoms in total. The second-order valence-electron chi connectivity index (χ2n) is 10.7. The molecule has 2 aromatic carbocycles. The van der Waals surface area contributed by atoms with Crippen molar-refractivity contribution in [3.63, 3.8) is 0 Å². The van der Waals surface area contributed by atoms with Gasteiger partial charge in [0.1, 0.15) is 11.2 Å². The molecule has 0 aliphatic carbocycles. The zero-order valence-electron chi connectivity index (χ0n) is 23.4. The van der Waals surface area contributed by atoms with Crippen molar-refractivity contribution < 1.29 is 24.5 Å². The van der Waals surface area contributed by atoms with Gasteiger partial charge in [-0.25, -0.2) is 4.79 Å². The van der Waals surface area contributed by atoms with Crippen LogP contribution in [0, 0.1) is 0 Å². The molecule has 0 aliphatic rings. The maximum absolute atomic E-state index is 13.3. The third-order valence-corrected chi connectivity index (χ3v) is 6.89. The van der Waals surface area contributed by atoms with Crippen molar-refractivity contribution in [1.82, 2.24) is 9.97 Å². The van der Waals surface area contributed by atoms with Gasteiger partial charge in [-0.15, -0.1) is 0 Å². The van der Waals surface area contributed by atoms with Crippen LogP contribution in [0.1, 0.15) is 51.7 Å². The fourth-order valence-electron chi connectivity index (χ4n) is 4.95. The van der Waals surface area contributed by atoms with Crippen LogP contribution in [0.25, 0.3) is 21.8 Å². The first-order valence-electron chi connectivity index (χ1n) is 13.4. The lowest BCUT2D eigenvalue weighted by Crippen LogP contribution is -2.40. The van der Waals surface area contributed by atoms with Gasteiger partial charge in [-0.1, -0.05) is 36.4 Å². The minimum absolute atomic E-state index is 0.0941. The molecule has 208 valence electrons. The quantitative estimate of drug-likeness (QED) is 0.155. The highest BCUT2D eigenvalue weighted by Gasteiger charge is 2.37. The molecule has 4 rings (SSSR count). The number of aromatic nitrogens is 2.